The van der Waals surface area contributed by atoms with Crippen LogP contribution in [0.1, 0.15) is 41.1 Å². The molecule has 0 saturated heterocycles. The van der Waals surface area contributed by atoms with E-state index in [1.54, 1.807) is 19.2 Å². The van der Waals surface area contributed by atoms with E-state index in [-0.39, 0.29) is 24.1 Å². The highest BCUT2D eigenvalue weighted by Gasteiger charge is 2.33. The molecule has 25 heavy (non-hydrogen) atoms. The summed E-state index contributed by atoms with van der Waals surface area (Å²) in [6.45, 7) is 3.67. The van der Waals surface area contributed by atoms with E-state index in [9.17, 15) is 9.59 Å². The molecule has 1 amide bonds. The monoisotopic (exact) mass is 335 g/mol. The molecule has 0 unspecified atom stereocenters. The first-order chi connectivity index (χ1) is 12.0. The smallest absolute Gasteiger partial charge is 0.269 e. The fourth-order valence-electron chi connectivity index (χ4n) is 2.98. The summed E-state index contributed by atoms with van der Waals surface area (Å²) in [6, 6.07) is 11.8. The Morgan fingerprint density at radius 1 is 1.28 bits per heavy atom. The molecule has 0 bridgehead atoms. The number of hydrogen-bond donors (Lipinski definition) is 1. The highest BCUT2D eigenvalue weighted by atomic mass is 16.2. The average molecular weight is 335 g/mol. The van der Waals surface area contributed by atoms with Gasteiger partial charge in [0.05, 0.1) is 6.04 Å². The van der Waals surface area contributed by atoms with Crippen molar-refractivity contribution in [3.05, 3.63) is 69.1 Å². The predicted octanol–water partition coefficient (Wildman–Crippen LogP) is 2.60. The molecule has 1 aromatic carbocycles. The van der Waals surface area contributed by atoms with Gasteiger partial charge in [-0.15, -0.1) is 0 Å². The number of hydrogen-bond acceptors (Lipinski definition) is 3. The molecular formula is C20H21N3O2. The molecule has 1 saturated carbocycles. The van der Waals surface area contributed by atoms with Crippen LogP contribution in [0.5, 0.6) is 0 Å². The number of aryl methyl sites for hydroxylation is 2. The molecule has 0 aliphatic heterocycles. The summed E-state index contributed by atoms with van der Waals surface area (Å²) in [5.41, 5.74) is 2.57. The number of aromatic nitrogens is 1. The van der Waals surface area contributed by atoms with Crippen LogP contribution in [0.15, 0.2) is 41.3 Å². The SMILES string of the molecule is Cc1ccc([C@H](NC(=O)Cn2ccc(C)c(C#N)c2=O)C2CC2)cc1. The summed E-state index contributed by atoms with van der Waals surface area (Å²) in [4.78, 5) is 24.7. The Hall–Kier alpha value is -2.87. The lowest BCUT2D eigenvalue weighted by atomic mass is 10.0. The van der Waals surface area contributed by atoms with Gasteiger partial charge in [-0.25, -0.2) is 0 Å². The van der Waals surface area contributed by atoms with E-state index in [2.05, 4.69) is 5.32 Å². The number of amides is 1. The zero-order chi connectivity index (χ0) is 18.0. The van der Waals surface area contributed by atoms with Crippen LogP contribution in [0.4, 0.5) is 0 Å². The Morgan fingerprint density at radius 2 is 1.96 bits per heavy atom. The Balaban J connectivity index is 1.76. The highest BCUT2D eigenvalue weighted by Crippen LogP contribution is 2.41. The van der Waals surface area contributed by atoms with E-state index in [0.29, 0.717) is 11.5 Å². The molecule has 1 fully saturated rings. The third-order valence-corrected chi connectivity index (χ3v) is 4.65. The maximum absolute atomic E-state index is 12.5. The first-order valence-electron chi connectivity index (χ1n) is 8.45. The largest absolute Gasteiger partial charge is 0.347 e. The summed E-state index contributed by atoms with van der Waals surface area (Å²) >= 11 is 0. The zero-order valence-corrected chi connectivity index (χ0v) is 14.5. The van der Waals surface area contributed by atoms with Gasteiger partial charge in [0.2, 0.25) is 5.91 Å². The molecule has 1 N–H and O–H groups in total. The third kappa shape index (κ3) is 3.80. The lowest BCUT2D eigenvalue weighted by molar-refractivity contribution is -0.122. The predicted molar refractivity (Wildman–Crippen MR) is 94.9 cm³/mol. The average Bonchev–Trinajstić information content (AvgIpc) is 3.42. The van der Waals surface area contributed by atoms with Crippen molar-refractivity contribution in [2.75, 3.05) is 0 Å². The van der Waals surface area contributed by atoms with Crippen molar-refractivity contribution < 1.29 is 4.79 Å². The maximum Gasteiger partial charge on any atom is 0.269 e. The molecule has 1 aromatic heterocycles. The number of pyridine rings is 1. The second kappa shape index (κ2) is 6.94. The lowest BCUT2D eigenvalue weighted by Crippen LogP contribution is -2.36. The van der Waals surface area contributed by atoms with E-state index >= 15 is 0 Å². The molecule has 1 atom stereocenters. The van der Waals surface area contributed by atoms with Crippen LogP contribution in [0.25, 0.3) is 0 Å². The number of carbonyl (C=O) groups excluding carboxylic acids is 1. The summed E-state index contributed by atoms with van der Waals surface area (Å²) in [6.07, 6.45) is 3.76. The van der Waals surface area contributed by atoms with Crippen LogP contribution >= 0.6 is 0 Å². The van der Waals surface area contributed by atoms with Gasteiger partial charge in [-0.2, -0.15) is 5.26 Å². The van der Waals surface area contributed by atoms with Crippen LogP contribution in [0.3, 0.4) is 0 Å². The van der Waals surface area contributed by atoms with Crippen molar-refractivity contribution in [1.29, 1.82) is 5.26 Å². The summed E-state index contributed by atoms with van der Waals surface area (Å²) in [7, 11) is 0. The van der Waals surface area contributed by atoms with Crippen molar-refractivity contribution in [2.45, 2.75) is 39.3 Å². The van der Waals surface area contributed by atoms with Gasteiger partial charge >= 0.3 is 0 Å². The summed E-state index contributed by atoms with van der Waals surface area (Å²) in [5, 5.41) is 12.2. The number of benzene rings is 1. The van der Waals surface area contributed by atoms with E-state index in [1.807, 2.05) is 37.3 Å². The van der Waals surface area contributed by atoms with Crippen LogP contribution < -0.4 is 10.9 Å². The quantitative estimate of drug-likeness (QED) is 0.912. The molecule has 0 radical (unpaired) electrons. The minimum Gasteiger partial charge on any atom is -0.347 e. The van der Waals surface area contributed by atoms with Crippen molar-refractivity contribution in [3.8, 4) is 6.07 Å². The molecule has 1 heterocycles. The Kier molecular flexibility index (Phi) is 4.71. The van der Waals surface area contributed by atoms with Gasteiger partial charge in [-0.1, -0.05) is 29.8 Å². The minimum atomic E-state index is -0.420. The van der Waals surface area contributed by atoms with Crippen molar-refractivity contribution in [1.82, 2.24) is 9.88 Å². The van der Waals surface area contributed by atoms with Crippen LogP contribution in [0, 0.1) is 31.1 Å². The molecular weight excluding hydrogens is 314 g/mol. The van der Waals surface area contributed by atoms with E-state index in [1.165, 1.54) is 10.1 Å². The van der Waals surface area contributed by atoms with Gasteiger partial charge in [0.1, 0.15) is 18.2 Å². The first-order valence-corrected chi connectivity index (χ1v) is 8.45. The Morgan fingerprint density at radius 3 is 2.56 bits per heavy atom. The number of nitrogens with zero attached hydrogens (tertiary/aromatic N) is 2. The molecule has 5 heteroatoms. The Bertz CT molecular complexity index is 887. The minimum absolute atomic E-state index is 0.0234. The van der Waals surface area contributed by atoms with E-state index < -0.39 is 5.56 Å². The number of carbonyl (C=O) groups is 1. The third-order valence-electron chi connectivity index (χ3n) is 4.65. The highest BCUT2D eigenvalue weighted by molar-refractivity contribution is 5.76. The molecule has 0 spiro atoms. The van der Waals surface area contributed by atoms with Crippen molar-refractivity contribution in [2.24, 2.45) is 5.92 Å². The molecule has 5 nitrogen and oxygen atoms in total. The van der Waals surface area contributed by atoms with Crippen LogP contribution in [0.2, 0.25) is 0 Å². The summed E-state index contributed by atoms with van der Waals surface area (Å²) < 4.78 is 1.29. The van der Waals surface area contributed by atoms with Crippen molar-refractivity contribution in [3.63, 3.8) is 0 Å². The van der Waals surface area contributed by atoms with Gasteiger partial charge in [0, 0.05) is 6.20 Å². The number of nitrogens with one attached hydrogen (secondary N) is 1. The van der Waals surface area contributed by atoms with Gasteiger partial charge in [0.25, 0.3) is 5.56 Å². The van der Waals surface area contributed by atoms with Crippen molar-refractivity contribution >= 4 is 5.91 Å². The van der Waals surface area contributed by atoms with Gasteiger partial charge in [-0.3, -0.25) is 9.59 Å². The standard InChI is InChI=1S/C20H21N3O2/c1-13-3-5-15(6-4-13)19(16-7-8-16)22-18(24)12-23-10-9-14(2)17(11-21)20(23)25/h3-6,9-10,16,19H,7-8,12H2,1-2H3,(H,22,24)/t19-/m0/s1. The second-order valence-corrected chi connectivity index (χ2v) is 6.71. The lowest BCUT2D eigenvalue weighted by Gasteiger charge is -2.19. The maximum atomic E-state index is 12.5. The fourth-order valence-corrected chi connectivity index (χ4v) is 2.98. The van der Waals surface area contributed by atoms with Crippen LogP contribution in [-0.4, -0.2) is 10.5 Å². The first kappa shape index (κ1) is 17.0. The fraction of sp³-hybridized carbons (Fsp3) is 0.350. The number of rotatable bonds is 5. The molecule has 128 valence electrons. The van der Waals surface area contributed by atoms with Crippen LogP contribution in [-0.2, 0) is 11.3 Å². The summed E-state index contributed by atoms with van der Waals surface area (Å²) in [5.74, 6) is 0.239. The molecule has 3 rings (SSSR count). The normalized spacial score (nSPS) is 14.6. The Labute approximate surface area is 146 Å². The van der Waals surface area contributed by atoms with E-state index in [4.69, 9.17) is 5.26 Å². The van der Waals surface area contributed by atoms with Gasteiger partial charge < -0.3 is 9.88 Å². The second-order valence-electron chi connectivity index (χ2n) is 6.71. The zero-order valence-electron chi connectivity index (χ0n) is 14.5. The molecule has 1 aliphatic rings. The topological polar surface area (TPSA) is 74.9 Å². The molecule has 1 aliphatic carbocycles. The van der Waals surface area contributed by atoms with E-state index in [0.717, 1.165) is 18.4 Å². The number of nitriles is 1. The van der Waals surface area contributed by atoms with Gasteiger partial charge in [-0.05, 0) is 49.8 Å². The molecule has 2 aromatic rings. The van der Waals surface area contributed by atoms with Gasteiger partial charge in [0.15, 0.2) is 0 Å².